The maximum atomic E-state index is 13.0. The molecule has 1 saturated heterocycles. The summed E-state index contributed by atoms with van der Waals surface area (Å²) in [5.41, 5.74) is 1.18. The van der Waals surface area contributed by atoms with Crippen molar-refractivity contribution in [2.75, 3.05) is 40.4 Å². The highest BCUT2D eigenvalue weighted by molar-refractivity contribution is 7.99. The van der Waals surface area contributed by atoms with Gasteiger partial charge in [-0.05, 0) is 24.6 Å². The highest BCUT2D eigenvalue weighted by atomic mass is 32.2. The molecule has 1 atom stereocenters. The summed E-state index contributed by atoms with van der Waals surface area (Å²) in [6.45, 7) is 3.18. The Morgan fingerprint density at radius 1 is 1.00 bits per heavy atom. The maximum absolute atomic E-state index is 13.0. The monoisotopic (exact) mass is 464 g/mol. The van der Waals surface area contributed by atoms with Gasteiger partial charge in [-0.1, -0.05) is 30.3 Å². The lowest BCUT2D eigenvalue weighted by molar-refractivity contribution is -0.131. The summed E-state index contributed by atoms with van der Waals surface area (Å²) in [4.78, 5) is 14.7. The van der Waals surface area contributed by atoms with Crippen molar-refractivity contribution in [2.24, 2.45) is 0 Å². The van der Waals surface area contributed by atoms with Crippen molar-refractivity contribution >= 4 is 27.7 Å². The van der Waals surface area contributed by atoms with Gasteiger partial charge in [-0.2, -0.15) is 4.31 Å². The van der Waals surface area contributed by atoms with Gasteiger partial charge in [0.25, 0.3) is 0 Å². The smallest absolute Gasteiger partial charge is 0.243 e. The number of amides is 1. The van der Waals surface area contributed by atoms with Gasteiger partial charge >= 0.3 is 0 Å². The molecule has 0 N–H and O–H groups in total. The molecule has 0 spiro atoms. The van der Waals surface area contributed by atoms with Crippen LogP contribution in [0.15, 0.2) is 53.4 Å². The van der Waals surface area contributed by atoms with E-state index in [1.807, 2.05) is 37.3 Å². The molecule has 168 valence electrons. The number of rotatable bonds is 8. The molecule has 0 aliphatic carbocycles. The predicted octanol–water partition coefficient (Wildman–Crippen LogP) is 2.86. The van der Waals surface area contributed by atoms with Gasteiger partial charge < -0.3 is 14.4 Å². The summed E-state index contributed by atoms with van der Waals surface area (Å²) in [6.07, 6.45) is 0. The second-order valence-corrected chi connectivity index (χ2v) is 10.5. The summed E-state index contributed by atoms with van der Waals surface area (Å²) in [6, 6.07) is 14.6. The lowest BCUT2D eigenvalue weighted by atomic mass is 10.2. The highest BCUT2D eigenvalue weighted by Gasteiger charge is 2.32. The molecule has 7 nitrogen and oxygen atoms in total. The maximum Gasteiger partial charge on any atom is 0.243 e. The summed E-state index contributed by atoms with van der Waals surface area (Å²) in [5, 5.41) is -0.186. The molecule has 9 heteroatoms. The Morgan fingerprint density at radius 2 is 1.65 bits per heavy atom. The van der Waals surface area contributed by atoms with E-state index >= 15 is 0 Å². The first kappa shape index (κ1) is 23.4. The summed E-state index contributed by atoms with van der Waals surface area (Å²) in [5.74, 6) is 1.64. The van der Waals surface area contributed by atoms with E-state index in [0.29, 0.717) is 24.6 Å². The number of ether oxygens (including phenoxy) is 2. The normalized spacial score (nSPS) is 16.0. The average molecular weight is 465 g/mol. The van der Waals surface area contributed by atoms with Crippen LogP contribution >= 0.6 is 11.8 Å². The number of thioether (sulfide) groups is 1. The Hall–Kier alpha value is -2.23. The van der Waals surface area contributed by atoms with E-state index in [0.717, 1.165) is 5.75 Å². The molecule has 1 aliphatic heterocycles. The van der Waals surface area contributed by atoms with Crippen molar-refractivity contribution < 1.29 is 22.7 Å². The first-order valence-corrected chi connectivity index (χ1v) is 12.5. The third kappa shape index (κ3) is 5.53. The molecule has 0 bridgehead atoms. The van der Waals surface area contributed by atoms with Crippen LogP contribution in [-0.4, -0.2) is 69.2 Å². The van der Waals surface area contributed by atoms with Gasteiger partial charge in [-0.3, -0.25) is 4.79 Å². The van der Waals surface area contributed by atoms with E-state index in [1.165, 1.54) is 36.2 Å². The first-order valence-electron chi connectivity index (χ1n) is 10.0. The molecule has 0 radical (unpaired) electrons. The summed E-state index contributed by atoms with van der Waals surface area (Å²) < 4.78 is 37.9. The van der Waals surface area contributed by atoms with E-state index in [2.05, 4.69) is 0 Å². The Morgan fingerprint density at radius 3 is 2.26 bits per heavy atom. The molecule has 31 heavy (non-hydrogen) atoms. The molecule has 1 amide bonds. The van der Waals surface area contributed by atoms with Crippen molar-refractivity contribution in [3.8, 4) is 11.5 Å². The summed E-state index contributed by atoms with van der Waals surface area (Å²) >= 11 is 1.59. The van der Waals surface area contributed by atoms with Crippen LogP contribution in [0, 0.1) is 0 Å². The van der Waals surface area contributed by atoms with E-state index in [-0.39, 0.29) is 29.1 Å². The van der Waals surface area contributed by atoms with Crippen LogP contribution in [0.1, 0.15) is 12.5 Å². The molecular formula is C22H28N2O5S2. The van der Waals surface area contributed by atoms with Crippen LogP contribution < -0.4 is 9.47 Å². The quantitative estimate of drug-likeness (QED) is 0.598. The fourth-order valence-electron chi connectivity index (χ4n) is 3.40. The number of hydrogen-bond acceptors (Lipinski definition) is 6. The molecule has 1 unspecified atom stereocenters. The predicted molar refractivity (Wildman–Crippen MR) is 122 cm³/mol. The topological polar surface area (TPSA) is 76.2 Å². The number of sulfonamides is 1. The SMILES string of the molecule is COc1ccc(S(=O)(=O)N2CCN(C(=O)C(C)SCc3ccccc3)CC2)cc1OC. The average Bonchev–Trinajstić information content (AvgIpc) is 2.82. The zero-order chi connectivity index (χ0) is 22.4. The van der Waals surface area contributed by atoms with Gasteiger partial charge in [-0.25, -0.2) is 8.42 Å². The lowest BCUT2D eigenvalue weighted by Crippen LogP contribution is -2.52. The fourth-order valence-corrected chi connectivity index (χ4v) is 5.76. The number of methoxy groups -OCH3 is 2. The minimum Gasteiger partial charge on any atom is -0.493 e. The zero-order valence-electron chi connectivity index (χ0n) is 18.0. The molecule has 0 saturated carbocycles. The van der Waals surface area contributed by atoms with Crippen LogP contribution in [0.25, 0.3) is 0 Å². The van der Waals surface area contributed by atoms with E-state index < -0.39 is 10.0 Å². The zero-order valence-corrected chi connectivity index (χ0v) is 19.6. The van der Waals surface area contributed by atoms with Crippen LogP contribution in [0.2, 0.25) is 0 Å². The standard InChI is InChI=1S/C22H28N2O5S2/c1-17(30-16-18-7-5-4-6-8-18)22(25)23-11-13-24(14-12-23)31(26,27)19-9-10-20(28-2)21(15-19)29-3/h4-10,15,17H,11-14,16H2,1-3H3. The van der Waals surface area contributed by atoms with Crippen LogP contribution in [0.4, 0.5) is 0 Å². The molecule has 0 aromatic heterocycles. The Labute approximate surface area is 188 Å². The molecule has 2 aromatic rings. The van der Waals surface area contributed by atoms with Crippen LogP contribution in [0.5, 0.6) is 11.5 Å². The third-order valence-electron chi connectivity index (χ3n) is 5.23. The van der Waals surface area contributed by atoms with Gasteiger partial charge in [0, 0.05) is 38.0 Å². The molecule has 2 aromatic carbocycles. The second kappa shape index (κ2) is 10.4. The molecule has 3 rings (SSSR count). The Bertz CT molecular complexity index is 990. The molecule has 1 heterocycles. The van der Waals surface area contributed by atoms with Gasteiger partial charge in [0.15, 0.2) is 11.5 Å². The molecular weight excluding hydrogens is 436 g/mol. The van der Waals surface area contributed by atoms with Crippen molar-refractivity contribution in [3.05, 3.63) is 54.1 Å². The van der Waals surface area contributed by atoms with Crippen LogP contribution in [0.3, 0.4) is 0 Å². The van der Waals surface area contributed by atoms with E-state index in [9.17, 15) is 13.2 Å². The lowest BCUT2D eigenvalue weighted by Gasteiger charge is -2.35. The summed E-state index contributed by atoms with van der Waals surface area (Å²) in [7, 11) is -0.711. The van der Waals surface area contributed by atoms with Gasteiger partial charge in [0.2, 0.25) is 15.9 Å². The highest BCUT2D eigenvalue weighted by Crippen LogP contribution is 2.31. The first-order chi connectivity index (χ1) is 14.9. The number of carbonyl (C=O) groups excluding carboxylic acids is 1. The number of benzene rings is 2. The van der Waals surface area contributed by atoms with Gasteiger partial charge in [0.05, 0.1) is 24.4 Å². The van der Waals surface area contributed by atoms with E-state index in [4.69, 9.17) is 9.47 Å². The number of hydrogen-bond donors (Lipinski definition) is 0. The largest absolute Gasteiger partial charge is 0.493 e. The van der Waals surface area contributed by atoms with Gasteiger partial charge in [-0.15, -0.1) is 11.8 Å². The van der Waals surface area contributed by atoms with Crippen molar-refractivity contribution in [1.82, 2.24) is 9.21 Å². The molecule has 1 fully saturated rings. The Kier molecular flexibility index (Phi) is 7.85. The van der Waals surface area contributed by atoms with Crippen molar-refractivity contribution in [2.45, 2.75) is 22.8 Å². The third-order valence-corrected chi connectivity index (χ3v) is 8.33. The minimum absolute atomic E-state index is 0.0455. The van der Waals surface area contributed by atoms with Crippen molar-refractivity contribution in [1.29, 1.82) is 0 Å². The number of piperazine rings is 1. The van der Waals surface area contributed by atoms with Crippen LogP contribution in [-0.2, 0) is 20.6 Å². The van der Waals surface area contributed by atoms with Crippen molar-refractivity contribution in [3.63, 3.8) is 0 Å². The number of carbonyl (C=O) groups is 1. The van der Waals surface area contributed by atoms with Gasteiger partial charge in [0.1, 0.15) is 0 Å². The number of nitrogens with zero attached hydrogens (tertiary/aromatic N) is 2. The fraction of sp³-hybridized carbons (Fsp3) is 0.409. The minimum atomic E-state index is -3.68. The molecule has 1 aliphatic rings. The van der Waals surface area contributed by atoms with E-state index in [1.54, 1.807) is 22.7 Å². The second-order valence-electron chi connectivity index (χ2n) is 7.18. The Balaban J connectivity index is 1.58.